The Labute approximate surface area is 415 Å². The maximum Gasteiger partial charge on any atom is 0.240 e. The number of carbonyl (C=O) groups is 7. The number of allylic oxidation sites excluding steroid dienone is 4. The zero-order valence-electron chi connectivity index (χ0n) is 44.0. The second-order valence-corrected chi connectivity index (χ2v) is 16.8. The van der Waals surface area contributed by atoms with Gasteiger partial charge < -0.3 is 20.3 Å². The molecule has 0 spiro atoms. The maximum atomic E-state index is 11.1. The minimum absolute atomic E-state index is 0.0569. The lowest BCUT2D eigenvalue weighted by Gasteiger charge is -2.13. The van der Waals surface area contributed by atoms with Crippen LogP contribution in [0.3, 0.4) is 0 Å². The average molecular weight is 954 g/mol. The van der Waals surface area contributed by atoms with Crippen LogP contribution in [-0.4, -0.2) is 77.0 Å². The molecule has 0 radical (unpaired) electrons. The van der Waals surface area contributed by atoms with Gasteiger partial charge in [0.1, 0.15) is 0 Å². The number of rotatable bonds is 31. The van der Waals surface area contributed by atoms with Crippen LogP contribution in [0.1, 0.15) is 202 Å². The molecule has 0 aromatic rings. The molecular formula is C57H99N3O8. The number of unbranched alkanes of at least 4 members (excludes halogenated alkanes) is 13. The summed E-state index contributed by atoms with van der Waals surface area (Å²) in [5.41, 5.74) is 4.53. The number of amides is 3. The zero-order valence-corrected chi connectivity index (χ0v) is 44.0. The van der Waals surface area contributed by atoms with Gasteiger partial charge in [0.2, 0.25) is 17.7 Å². The molecule has 0 atom stereocenters. The van der Waals surface area contributed by atoms with Gasteiger partial charge in [-0.05, 0) is 87.2 Å². The molecule has 3 amide bonds. The minimum Gasteiger partial charge on any atom is -0.381 e. The molecule has 0 aromatic carbocycles. The fourth-order valence-electron chi connectivity index (χ4n) is 5.88. The van der Waals surface area contributed by atoms with E-state index in [4.69, 9.17) is 4.74 Å². The summed E-state index contributed by atoms with van der Waals surface area (Å²) in [6.45, 7) is 37.3. The Balaban J connectivity index is -0.000000233. The maximum absolute atomic E-state index is 11.1. The minimum atomic E-state index is -0.481. The van der Waals surface area contributed by atoms with Crippen LogP contribution in [0.5, 0.6) is 0 Å². The number of hydrogen-bond donors (Lipinski definition) is 1. The second kappa shape index (κ2) is 58.4. The molecule has 2 rings (SSSR count). The number of nitrogens with zero attached hydrogens (tertiary/aromatic N) is 2. The van der Waals surface area contributed by atoms with Crippen molar-refractivity contribution in [3.05, 3.63) is 88.8 Å². The summed E-state index contributed by atoms with van der Waals surface area (Å²) >= 11 is 0. The van der Waals surface area contributed by atoms with E-state index in [1.54, 1.807) is 22.2 Å². The van der Waals surface area contributed by atoms with E-state index >= 15 is 0 Å². The molecule has 0 unspecified atom stereocenters. The number of hydrogen-bond acceptors (Lipinski definition) is 8. The molecule has 0 aliphatic carbocycles. The third-order valence-electron chi connectivity index (χ3n) is 10.1. The number of primary amides is 1. The van der Waals surface area contributed by atoms with Gasteiger partial charge in [-0.3, -0.25) is 33.6 Å². The first-order valence-electron chi connectivity index (χ1n) is 25.5. The Hall–Kier alpha value is -4.77. The van der Waals surface area contributed by atoms with Gasteiger partial charge in [0.05, 0.1) is 6.61 Å². The van der Waals surface area contributed by atoms with Gasteiger partial charge in [-0.1, -0.05) is 171 Å². The van der Waals surface area contributed by atoms with Crippen LogP contribution in [0.2, 0.25) is 0 Å². The quantitative estimate of drug-likeness (QED) is 0.0530. The lowest BCUT2D eigenvalue weighted by molar-refractivity contribution is -0.128. The van der Waals surface area contributed by atoms with Crippen molar-refractivity contribution >= 4 is 40.9 Å². The smallest absolute Gasteiger partial charge is 0.240 e. The second-order valence-electron chi connectivity index (χ2n) is 16.8. The number of ether oxygens (including phenoxy) is 1. The first kappa shape index (κ1) is 72.2. The van der Waals surface area contributed by atoms with Gasteiger partial charge in [-0.2, -0.15) is 0 Å². The van der Waals surface area contributed by atoms with Crippen LogP contribution in [0.15, 0.2) is 88.8 Å². The first-order chi connectivity index (χ1) is 32.5. The zero-order chi connectivity index (χ0) is 52.6. The topological polar surface area (TPSA) is 161 Å². The van der Waals surface area contributed by atoms with Crippen molar-refractivity contribution in [1.29, 1.82) is 0 Å². The summed E-state index contributed by atoms with van der Waals surface area (Å²) in [6.07, 6.45) is 38.2. The lowest BCUT2D eigenvalue weighted by Crippen LogP contribution is -2.23. The van der Waals surface area contributed by atoms with E-state index in [9.17, 15) is 33.6 Å². The Kier molecular flexibility index (Phi) is 62.0. The summed E-state index contributed by atoms with van der Waals surface area (Å²) in [5.74, 6) is 0.976. The Morgan fingerprint density at radius 1 is 0.500 bits per heavy atom. The molecule has 2 fully saturated rings. The van der Waals surface area contributed by atoms with E-state index in [0.29, 0.717) is 51.0 Å². The third kappa shape index (κ3) is 61.2. The van der Waals surface area contributed by atoms with E-state index in [1.165, 1.54) is 101 Å². The van der Waals surface area contributed by atoms with Gasteiger partial charge in [-0.25, -0.2) is 0 Å². The van der Waals surface area contributed by atoms with Gasteiger partial charge >= 0.3 is 0 Å². The fourth-order valence-corrected chi connectivity index (χ4v) is 5.88. The Morgan fingerprint density at radius 3 is 1.22 bits per heavy atom. The highest BCUT2D eigenvalue weighted by molar-refractivity contribution is 5.90. The molecule has 2 aliphatic heterocycles. The molecule has 0 saturated carbocycles. The van der Waals surface area contributed by atoms with Crippen LogP contribution in [-0.2, 0) is 38.3 Å². The monoisotopic (exact) mass is 954 g/mol. The molecule has 2 saturated heterocycles. The Morgan fingerprint density at radius 2 is 0.868 bits per heavy atom. The highest BCUT2D eigenvalue weighted by atomic mass is 16.5. The molecular weight excluding hydrogens is 855 g/mol. The van der Waals surface area contributed by atoms with E-state index in [1.807, 2.05) is 13.8 Å². The van der Waals surface area contributed by atoms with Crippen molar-refractivity contribution in [2.24, 2.45) is 11.7 Å². The SMILES string of the molecule is C=CC(=O)CC(C)C.C=CC(=O)CCCCC.C=CC(=O)CCCCCCCCCCCCC.C=CC(=O)CCOCCCC.C=CC(N)=O.C=CN1CCCC1=O.C=CN1CCCCCC1=O. The van der Waals surface area contributed by atoms with Gasteiger partial charge in [0.25, 0.3) is 0 Å². The molecule has 11 heteroatoms. The van der Waals surface area contributed by atoms with Crippen molar-refractivity contribution < 1.29 is 38.3 Å². The van der Waals surface area contributed by atoms with Crippen molar-refractivity contribution in [3.8, 4) is 0 Å². The molecule has 2 heterocycles. The van der Waals surface area contributed by atoms with E-state index in [0.717, 1.165) is 77.1 Å². The molecule has 0 aromatic heterocycles. The fraction of sp³-hybridized carbons (Fsp3) is 0.632. The van der Waals surface area contributed by atoms with Crippen molar-refractivity contribution in [2.75, 3.05) is 26.3 Å². The number of likely N-dealkylation sites (tertiary alicyclic amines) is 2. The van der Waals surface area contributed by atoms with Crippen molar-refractivity contribution in [3.63, 3.8) is 0 Å². The number of nitrogens with two attached hydrogens (primary N) is 1. The van der Waals surface area contributed by atoms with Gasteiger partial charge in [-0.15, -0.1) is 0 Å². The van der Waals surface area contributed by atoms with E-state index in [-0.39, 0.29) is 34.9 Å². The largest absolute Gasteiger partial charge is 0.381 e. The summed E-state index contributed by atoms with van der Waals surface area (Å²) in [4.78, 5) is 77.3. The summed E-state index contributed by atoms with van der Waals surface area (Å²) in [6, 6.07) is 0. The summed E-state index contributed by atoms with van der Waals surface area (Å²) in [5, 5.41) is 0. The molecule has 68 heavy (non-hydrogen) atoms. The summed E-state index contributed by atoms with van der Waals surface area (Å²) in [7, 11) is 0. The highest BCUT2D eigenvalue weighted by Crippen LogP contribution is 2.13. The molecule has 11 nitrogen and oxygen atoms in total. The normalized spacial score (nSPS) is 12.2. The Bertz CT molecular complexity index is 1390. The standard InChI is InChI=1S/C16H30O.C9H16O2.C8H13NO.C8H14O.C7H12O.C6H9NO.C3H5NO/c1-3-5-6-7-8-9-10-11-12-13-14-15-16(17)4-2;1-3-5-7-11-8-6-9(10)4-2;1-2-9-7-5-3-4-6-8(9)10;1-3-5-6-7-8(9)4-2;1-4-7(8)5-6(2)3;1-2-7-5-3-4-6(7)8;1-2-3(4)5/h4H,2-3,5-15H2,1H3;4H,2-3,5-8H2,1H3;2H,1,3-7H2;4H,2-3,5-7H2,1H3;4,6H,1,5H2,2-3H3;2H,1,3-5H2;2H,1H2,(H2,4,5). The highest BCUT2D eigenvalue weighted by Gasteiger charge is 2.16. The van der Waals surface area contributed by atoms with E-state index in [2.05, 4.69) is 72.6 Å². The molecule has 2 N–H and O–H groups in total. The lowest BCUT2D eigenvalue weighted by atomic mass is 10.0. The summed E-state index contributed by atoms with van der Waals surface area (Å²) < 4.78 is 5.18. The van der Waals surface area contributed by atoms with Crippen LogP contribution < -0.4 is 5.73 Å². The molecule has 2 aliphatic rings. The van der Waals surface area contributed by atoms with Crippen molar-refractivity contribution in [2.45, 2.75) is 202 Å². The predicted octanol–water partition coefficient (Wildman–Crippen LogP) is 13.4. The van der Waals surface area contributed by atoms with Crippen LogP contribution in [0, 0.1) is 5.92 Å². The van der Waals surface area contributed by atoms with Crippen LogP contribution >= 0.6 is 0 Å². The molecule has 390 valence electrons. The predicted molar refractivity (Wildman–Crippen MR) is 287 cm³/mol. The van der Waals surface area contributed by atoms with Gasteiger partial charge in [0.15, 0.2) is 23.1 Å². The average Bonchev–Trinajstić information content (AvgIpc) is 3.64. The third-order valence-corrected chi connectivity index (χ3v) is 10.1. The van der Waals surface area contributed by atoms with E-state index < -0.39 is 5.91 Å². The van der Waals surface area contributed by atoms with Crippen LogP contribution in [0.4, 0.5) is 0 Å². The number of ketones is 4. The molecule has 0 bridgehead atoms. The van der Waals surface area contributed by atoms with Crippen molar-refractivity contribution in [1.82, 2.24) is 9.80 Å². The van der Waals surface area contributed by atoms with Gasteiger partial charge in [0, 0.05) is 58.2 Å². The van der Waals surface area contributed by atoms with Crippen LogP contribution in [0.25, 0.3) is 0 Å². The first-order valence-corrected chi connectivity index (χ1v) is 25.5. The number of carbonyl (C=O) groups excluding carboxylic acids is 7.